The summed E-state index contributed by atoms with van der Waals surface area (Å²) in [6, 6.07) is 0. The number of nitrogens with zero attached hydrogens (tertiary/aromatic N) is 4. The Bertz CT molecular complexity index is 684. The van der Waals surface area contributed by atoms with Crippen molar-refractivity contribution in [2.45, 2.75) is 0 Å². The summed E-state index contributed by atoms with van der Waals surface area (Å²) in [7, 11) is 3.76. The maximum absolute atomic E-state index is 12.0. The Morgan fingerprint density at radius 3 is 2.80 bits per heavy atom. The number of carbonyl (C=O) groups is 1. The molecule has 0 aliphatic carbocycles. The fourth-order valence-electron chi connectivity index (χ4n) is 2.45. The highest BCUT2D eigenvalue weighted by Crippen LogP contribution is 2.39. The van der Waals surface area contributed by atoms with Gasteiger partial charge in [-0.2, -0.15) is 4.99 Å². The number of aromatic nitrogens is 1. The third-order valence-electron chi connectivity index (χ3n) is 3.30. The average Bonchev–Trinajstić information content (AvgIpc) is 3.04. The Kier molecular flexibility index (Phi) is 2.89. The van der Waals surface area contributed by atoms with Crippen molar-refractivity contribution in [3.8, 4) is 0 Å². The number of primary amides is 1. The monoisotopic (exact) mass is 288 g/mol. The molecule has 2 N–H and O–H groups in total. The molecule has 1 aromatic heterocycles. The normalized spacial score (nSPS) is 24.2. The number of allylic oxidation sites excluding steroid dienone is 2. The van der Waals surface area contributed by atoms with Crippen LogP contribution in [0.3, 0.4) is 0 Å². The smallest absolute Gasteiger partial charge is 0.308 e. The first-order valence-electron chi connectivity index (χ1n) is 6.03. The molecule has 2 aliphatic rings. The van der Waals surface area contributed by atoms with E-state index in [1.807, 2.05) is 48.9 Å². The van der Waals surface area contributed by atoms with Crippen LogP contribution in [0.4, 0.5) is 0 Å². The van der Waals surface area contributed by atoms with Crippen LogP contribution in [0, 0.1) is 0 Å². The average molecular weight is 288 g/mol. The molecular formula is C13H14N5OS+. The van der Waals surface area contributed by atoms with Crippen LogP contribution in [-0.2, 0) is 4.79 Å². The van der Waals surface area contributed by atoms with Gasteiger partial charge in [-0.3, -0.25) is 4.79 Å². The van der Waals surface area contributed by atoms with Crippen molar-refractivity contribution in [3.05, 3.63) is 46.7 Å². The zero-order chi connectivity index (χ0) is 14.3. The summed E-state index contributed by atoms with van der Waals surface area (Å²) >= 11 is 1.44. The largest absolute Gasteiger partial charge is 0.361 e. The van der Waals surface area contributed by atoms with E-state index in [9.17, 15) is 4.79 Å². The van der Waals surface area contributed by atoms with E-state index in [4.69, 9.17) is 5.73 Å². The lowest BCUT2D eigenvalue weighted by molar-refractivity contribution is -0.864. The Hall–Kier alpha value is -2.09. The minimum Gasteiger partial charge on any atom is -0.361 e. The second kappa shape index (κ2) is 4.48. The van der Waals surface area contributed by atoms with E-state index < -0.39 is 5.91 Å². The fourth-order valence-corrected chi connectivity index (χ4v) is 3.08. The zero-order valence-electron chi connectivity index (χ0n) is 11.1. The fraction of sp³-hybridized carbons (Fsp3) is 0.154. The lowest BCUT2D eigenvalue weighted by Gasteiger charge is -2.36. The molecule has 0 aromatic carbocycles. The predicted molar refractivity (Wildman–Crippen MR) is 77.9 cm³/mol. The number of hydrogen-bond acceptors (Lipinski definition) is 5. The van der Waals surface area contributed by atoms with Gasteiger partial charge >= 0.3 is 5.91 Å². The van der Waals surface area contributed by atoms with Crippen molar-refractivity contribution in [3.63, 3.8) is 0 Å². The van der Waals surface area contributed by atoms with Gasteiger partial charge in [-0.25, -0.2) is 4.98 Å². The molecule has 0 radical (unpaired) electrons. The van der Waals surface area contributed by atoms with Crippen molar-refractivity contribution in [2.24, 2.45) is 10.7 Å². The van der Waals surface area contributed by atoms with E-state index in [-0.39, 0.29) is 4.59 Å². The standard InChI is InChI=1S/C13H13N5OS/c1-17(2)18-7-4-3-5-9(18)16-10(11(18)12(14)19)13-15-6-8-20-13/h3-8H,1-2H3,(H-,14,19)/p+1. The minimum absolute atomic E-state index is 0.0980. The summed E-state index contributed by atoms with van der Waals surface area (Å²) in [5.74, 6) is 0.235. The van der Waals surface area contributed by atoms with Gasteiger partial charge in [0.05, 0.1) is 0 Å². The van der Waals surface area contributed by atoms with Crippen LogP contribution < -0.4 is 5.73 Å². The summed E-state index contributed by atoms with van der Waals surface area (Å²) in [5.41, 5.74) is 6.60. The molecule has 0 fully saturated rings. The van der Waals surface area contributed by atoms with E-state index in [0.717, 1.165) is 5.84 Å². The van der Waals surface area contributed by atoms with E-state index in [2.05, 4.69) is 9.98 Å². The second-order valence-corrected chi connectivity index (χ2v) is 5.50. The second-order valence-electron chi connectivity index (χ2n) is 4.60. The molecule has 1 atom stereocenters. The molecule has 20 heavy (non-hydrogen) atoms. The molecule has 0 saturated carbocycles. The number of aliphatic imine (C=N–C) groups is 1. The van der Waals surface area contributed by atoms with Crippen LogP contribution in [0.15, 0.2) is 46.7 Å². The molecule has 0 bridgehead atoms. The Morgan fingerprint density at radius 2 is 2.20 bits per heavy atom. The van der Waals surface area contributed by atoms with Crippen LogP contribution in [0.5, 0.6) is 0 Å². The maximum Gasteiger partial charge on any atom is 0.308 e. The molecule has 1 aromatic rings. The van der Waals surface area contributed by atoms with E-state index in [1.54, 1.807) is 6.20 Å². The highest BCUT2D eigenvalue weighted by atomic mass is 32.1. The first kappa shape index (κ1) is 12.9. The molecule has 3 rings (SSSR count). The van der Waals surface area contributed by atoms with Crippen LogP contribution in [0.2, 0.25) is 0 Å². The summed E-state index contributed by atoms with van der Waals surface area (Å²) in [6.45, 7) is 0. The molecule has 102 valence electrons. The van der Waals surface area contributed by atoms with Crippen LogP contribution in [0.25, 0.3) is 5.70 Å². The molecule has 3 heterocycles. The van der Waals surface area contributed by atoms with Gasteiger partial charge in [-0.05, 0) is 12.2 Å². The SMILES string of the molecule is CN(C)[N+]12C=CC=CC1=NC(c1nccs1)=C2C(N)=O. The van der Waals surface area contributed by atoms with Crippen molar-refractivity contribution in [2.75, 3.05) is 14.1 Å². The summed E-state index contributed by atoms with van der Waals surface area (Å²) in [5, 5.41) is 4.44. The van der Waals surface area contributed by atoms with Gasteiger partial charge in [0, 0.05) is 31.7 Å². The topological polar surface area (TPSA) is 71.6 Å². The summed E-state index contributed by atoms with van der Waals surface area (Å²) in [6.07, 6.45) is 9.23. The van der Waals surface area contributed by atoms with Gasteiger partial charge in [0.15, 0.2) is 5.70 Å². The Balaban J connectivity index is 2.30. The quantitative estimate of drug-likeness (QED) is 0.846. The first-order valence-corrected chi connectivity index (χ1v) is 6.91. The Morgan fingerprint density at radius 1 is 1.40 bits per heavy atom. The number of fused-ring (bicyclic) bond motifs is 1. The van der Waals surface area contributed by atoms with Gasteiger partial charge < -0.3 is 5.73 Å². The molecule has 2 aliphatic heterocycles. The molecule has 7 heteroatoms. The predicted octanol–water partition coefficient (Wildman–Crippen LogP) is 1.09. The third-order valence-corrected chi connectivity index (χ3v) is 4.08. The molecule has 0 saturated heterocycles. The lowest BCUT2D eigenvalue weighted by atomic mass is 10.2. The molecule has 0 spiro atoms. The minimum atomic E-state index is -0.498. The molecular weight excluding hydrogens is 274 g/mol. The maximum atomic E-state index is 12.0. The Labute approximate surface area is 120 Å². The molecule has 1 amide bonds. The van der Waals surface area contributed by atoms with Gasteiger partial charge in [0.1, 0.15) is 11.2 Å². The van der Waals surface area contributed by atoms with Gasteiger partial charge in [0.2, 0.25) is 0 Å². The van der Waals surface area contributed by atoms with Gasteiger partial charge in [0.25, 0.3) is 11.5 Å². The van der Waals surface area contributed by atoms with Crippen molar-refractivity contribution < 1.29 is 9.39 Å². The van der Waals surface area contributed by atoms with Crippen molar-refractivity contribution in [1.29, 1.82) is 0 Å². The highest BCUT2D eigenvalue weighted by molar-refractivity contribution is 7.10. The van der Waals surface area contributed by atoms with Gasteiger partial charge in [-0.1, -0.05) is 0 Å². The zero-order valence-corrected chi connectivity index (χ0v) is 12.0. The molecule has 1 unspecified atom stereocenters. The summed E-state index contributed by atoms with van der Waals surface area (Å²) in [4.78, 5) is 20.9. The van der Waals surface area contributed by atoms with E-state index in [0.29, 0.717) is 16.4 Å². The number of nitrogens with two attached hydrogens (primary N) is 1. The lowest BCUT2D eigenvalue weighted by Crippen LogP contribution is -2.57. The van der Waals surface area contributed by atoms with Crippen molar-refractivity contribution >= 4 is 28.8 Å². The number of thiazole rings is 1. The molecule has 6 nitrogen and oxygen atoms in total. The van der Waals surface area contributed by atoms with Crippen molar-refractivity contribution in [1.82, 2.24) is 9.99 Å². The number of rotatable bonds is 3. The summed E-state index contributed by atoms with van der Waals surface area (Å²) < 4.78 is 0.0980. The number of amides is 1. The number of carbonyl (C=O) groups excluding carboxylic acids is 1. The highest BCUT2D eigenvalue weighted by Gasteiger charge is 2.51. The third kappa shape index (κ3) is 1.61. The van der Waals surface area contributed by atoms with E-state index >= 15 is 0 Å². The van der Waals surface area contributed by atoms with Crippen LogP contribution in [0.1, 0.15) is 5.01 Å². The first-order chi connectivity index (χ1) is 9.57. The van der Waals surface area contributed by atoms with Crippen LogP contribution in [-0.4, -0.2) is 40.4 Å². The number of quaternary nitrogens is 1. The number of amidine groups is 1. The number of hydrogen-bond donors (Lipinski definition) is 1. The van der Waals surface area contributed by atoms with E-state index in [1.165, 1.54) is 11.3 Å². The van der Waals surface area contributed by atoms with Crippen LogP contribution >= 0.6 is 11.3 Å². The van der Waals surface area contributed by atoms with Gasteiger partial charge in [-0.15, -0.1) is 20.9 Å².